The summed E-state index contributed by atoms with van der Waals surface area (Å²) in [5, 5.41) is 9.48. The van der Waals surface area contributed by atoms with E-state index in [9.17, 15) is 14.4 Å². The van der Waals surface area contributed by atoms with Gasteiger partial charge in [-0.1, -0.05) is 18.2 Å². The zero-order valence-electron chi connectivity index (χ0n) is 24.0. The van der Waals surface area contributed by atoms with Gasteiger partial charge in [0.2, 0.25) is 11.8 Å². The van der Waals surface area contributed by atoms with Gasteiger partial charge >= 0.3 is 0 Å². The Labute approximate surface area is 247 Å². The Morgan fingerprint density at radius 2 is 2.00 bits per heavy atom. The number of carbonyl (C=O) groups excluding carboxylic acids is 3. The molecule has 43 heavy (non-hydrogen) atoms. The normalized spacial score (nSPS) is 16.9. The molecule has 0 aliphatic carbocycles. The number of amides is 3. The smallest absolute Gasteiger partial charge is 0.259 e. The molecule has 0 spiro atoms. The average Bonchev–Trinajstić information content (AvgIpc) is 3.71. The van der Waals surface area contributed by atoms with Crippen molar-refractivity contribution in [2.24, 2.45) is 10.7 Å². The fourth-order valence-corrected chi connectivity index (χ4v) is 5.44. The zero-order chi connectivity index (χ0) is 30.2. The van der Waals surface area contributed by atoms with Crippen LogP contribution in [-0.2, 0) is 16.1 Å². The summed E-state index contributed by atoms with van der Waals surface area (Å²) in [7, 11) is 1.80. The number of aromatic nitrogens is 3. The highest BCUT2D eigenvalue weighted by Crippen LogP contribution is 2.39. The highest BCUT2D eigenvalue weighted by Gasteiger charge is 2.33. The molecule has 12 nitrogen and oxygen atoms in total. The van der Waals surface area contributed by atoms with Crippen molar-refractivity contribution in [3.05, 3.63) is 77.3 Å². The first-order valence-electron chi connectivity index (χ1n) is 13.9. The molecule has 2 aliphatic heterocycles. The molecule has 0 radical (unpaired) electrons. The van der Waals surface area contributed by atoms with Crippen LogP contribution in [0.4, 0.5) is 17.3 Å². The van der Waals surface area contributed by atoms with E-state index < -0.39 is 6.04 Å². The van der Waals surface area contributed by atoms with Crippen LogP contribution in [0.5, 0.6) is 0 Å². The number of benzene rings is 2. The molecule has 1 atom stereocenters. The third-order valence-electron chi connectivity index (χ3n) is 7.72. The van der Waals surface area contributed by atoms with Crippen LogP contribution >= 0.6 is 0 Å². The monoisotopic (exact) mass is 577 g/mol. The lowest BCUT2D eigenvalue weighted by Gasteiger charge is -2.17. The number of allylic oxidation sites excluding steroid dienone is 1. The van der Waals surface area contributed by atoms with E-state index in [0.29, 0.717) is 35.5 Å². The molecule has 4 heterocycles. The number of hydrogen-bond acceptors (Lipinski definition) is 7. The third-order valence-corrected chi connectivity index (χ3v) is 7.72. The second kappa shape index (κ2) is 11.0. The third kappa shape index (κ3) is 5.18. The molecule has 12 heteroatoms. The molecule has 0 saturated carbocycles. The number of aryl methyl sites for hydroxylation is 1. The van der Waals surface area contributed by atoms with Crippen molar-refractivity contribution in [1.82, 2.24) is 25.6 Å². The first-order chi connectivity index (χ1) is 20.7. The molecule has 1 fully saturated rings. The molecule has 6 N–H and O–H groups in total. The van der Waals surface area contributed by atoms with Gasteiger partial charge in [0.25, 0.3) is 11.9 Å². The molecule has 2 aliphatic rings. The van der Waals surface area contributed by atoms with E-state index in [-0.39, 0.29) is 36.1 Å². The Bertz CT molecular complexity index is 1860. The van der Waals surface area contributed by atoms with Crippen molar-refractivity contribution in [2.45, 2.75) is 39.3 Å². The summed E-state index contributed by atoms with van der Waals surface area (Å²) in [6.45, 7) is 4.08. The Morgan fingerprint density at radius 3 is 2.77 bits per heavy atom. The quantitative estimate of drug-likeness (QED) is 0.165. The van der Waals surface area contributed by atoms with Gasteiger partial charge in [-0.05, 0) is 50.1 Å². The van der Waals surface area contributed by atoms with E-state index in [4.69, 9.17) is 10.7 Å². The van der Waals surface area contributed by atoms with Crippen LogP contribution < -0.4 is 26.6 Å². The zero-order valence-corrected chi connectivity index (χ0v) is 24.0. The first-order valence-corrected chi connectivity index (χ1v) is 13.9. The number of hydrogen-bond donors (Lipinski definition) is 5. The Balaban J connectivity index is 1.32. The minimum Gasteiger partial charge on any atom is -0.392 e. The number of fused-ring (bicyclic) bond motifs is 2. The summed E-state index contributed by atoms with van der Waals surface area (Å²) < 4.78 is 0. The largest absolute Gasteiger partial charge is 0.392 e. The maximum Gasteiger partial charge on any atom is 0.259 e. The highest BCUT2D eigenvalue weighted by molar-refractivity contribution is 6.16. The number of rotatable bonds is 7. The number of amidine groups is 1. The lowest BCUT2D eigenvalue weighted by Crippen LogP contribution is -2.37. The standard InChI is InChI=1S/C31H31N9O3/c1-16-13-35-31(38-25(32)12-17(2)33-3)39-27(16)20-14-34-28-18(20)6-5-9-24(28)40-15-21-19(30(40)43)7-4-8-22(21)37-29(42)23-10-11-26(41)36-23/h4-9,12-14,23,33-34H,10-11,15H2,1-3H3,(H,36,41)(H,37,42)(H2,32,35,38,39)/b17-12-. The number of nitrogens with one attached hydrogen (secondary N) is 4. The van der Waals surface area contributed by atoms with Gasteiger partial charge in [-0.3, -0.25) is 14.4 Å². The van der Waals surface area contributed by atoms with E-state index in [1.165, 1.54) is 0 Å². The highest BCUT2D eigenvalue weighted by atomic mass is 16.2. The number of para-hydroxylation sites is 1. The fraction of sp³-hybridized carbons (Fsp3) is 0.226. The number of aliphatic imine (C=N–C) groups is 1. The van der Waals surface area contributed by atoms with Crippen LogP contribution in [0.25, 0.3) is 22.2 Å². The number of nitrogens with zero attached hydrogens (tertiary/aromatic N) is 4. The van der Waals surface area contributed by atoms with Crippen LogP contribution in [-0.4, -0.2) is 51.6 Å². The first kappa shape index (κ1) is 27.6. The van der Waals surface area contributed by atoms with Crippen LogP contribution in [0, 0.1) is 6.92 Å². The van der Waals surface area contributed by atoms with Gasteiger partial charge < -0.3 is 31.6 Å². The Morgan fingerprint density at radius 1 is 1.19 bits per heavy atom. The van der Waals surface area contributed by atoms with Crippen LogP contribution in [0.1, 0.15) is 41.3 Å². The molecule has 4 aromatic rings. The van der Waals surface area contributed by atoms with Crippen LogP contribution in [0.3, 0.4) is 0 Å². The Hall–Kier alpha value is -5.52. The van der Waals surface area contributed by atoms with Gasteiger partial charge in [0.05, 0.1) is 23.4 Å². The van der Waals surface area contributed by atoms with Crippen LogP contribution in [0.2, 0.25) is 0 Å². The van der Waals surface area contributed by atoms with Crippen molar-refractivity contribution in [3.63, 3.8) is 0 Å². The number of H-pyrrole nitrogens is 1. The summed E-state index contributed by atoms with van der Waals surface area (Å²) in [6.07, 6.45) is 6.04. The SMILES string of the molecule is CN/C(C)=C\C(N)=N/c1ncc(C)c(-c2c[nH]c3c(N4Cc5c(NC(=O)C6CCC(=O)N6)cccc5C4=O)cccc23)n1. The van der Waals surface area contributed by atoms with E-state index >= 15 is 0 Å². The topological polar surface area (TPSA) is 170 Å². The molecule has 2 aromatic heterocycles. The summed E-state index contributed by atoms with van der Waals surface area (Å²) >= 11 is 0. The molecule has 1 saturated heterocycles. The minimum absolute atomic E-state index is 0.139. The van der Waals surface area contributed by atoms with Crippen molar-refractivity contribution < 1.29 is 14.4 Å². The predicted octanol–water partition coefficient (Wildman–Crippen LogP) is 3.42. The van der Waals surface area contributed by atoms with Crippen molar-refractivity contribution >= 4 is 51.8 Å². The van der Waals surface area contributed by atoms with Crippen molar-refractivity contribution in [3.8, 4) is 11.3 Å². The van der Waals surface area contributed by atoms with E-state index in [1.807, 2.05) is 38.2 Å². The van der Waals surface area contributed by atoms with Gasteiger partial charge in [-0.15, -0.1) is 0 Å². The van der Waals surface area contributed by atoms with Gasteiger partial charge in [0.1, 0.15) is 11.9 Å². The van der Waals surface area contributed by atoms with Gasteiger partial charge in [0.15, 0.2) is 0 Å². The van der Waals surface area contributed by atoms with Gasteiger partial charge in [0, 0.05) is 59.3 Å². The molecular weight excluding hydrogens is 546 g/mol. The van der Waals surface area contributed by atoms with Gasteiger partial charge in [-0.2, -0.15) is 4.99 Å². The maximum atomic E-state index is 13.6. The van der Waals surface area contributed by atoms with Crippen molar-refractivity contribution in [1.29, 1.82) is 0 Å². The van der Waals surface area contributed by atoms with E-state index in [1.54, 1.807) is 42.4 Å². The number of aromatic amines is 1. The van der Waals surface area contributed by atoms with E-state index in [0.717, 1.165) is 33.3 Å². The van der Waals surface area contributed by atoms with Crippen molar-refractivity contribution in [2.75, 3.05) is 17.3 Å². The lowest BCUT2D eigenvalue weighted by atomic mass is 10.1. The average molecular weight is 578 g/mol. The summed E-state index contributed by atoms with van der Waals surface area (Å²) in [5.74, 6) is -0.0845. The second-order valence-corrected chi connectivity index (χ2v) is 10.6. The molecule has 2 aromatic carbocycles. The Kier molecular flexibility index (Phi) is 7.10. The molecular formula is C31H31N9O3. The number of nitrogens with two attached hydrogens (primary N) is 1. The fourth-order valence-electron chi connectivity index (χ4n) is 5.44. The van der Waals surface area contributed by atoms with E-state index in [2.05, 4.69) is 30.9 Å². The number of carbonyl (C=O) groups is 3. The minimum atomic E-state index is -0.579. The number of anilines is 2. The molecule has 6 rings (SSSR count). The molecule has 3 amide bonds. The summed E-state index contributed by atoms with van der Waals surface area (Å²) in [4.78, 5) is 56.5. The summed E-state index contributed by atoms with van der Waals surface area (Å²) in [5.41, 5.74) is 12.6. The molecule has 1 unspecified atom stereocenters. The summed E-state index contributed by atoms with van der Waals surface area (Å²) in [6, 6.07) is 10.5. The molecule has 218 valence electrons. The lowest BCUT2D eigenvalue weighted by molar-refractivity contribution is -0.122. The molecule has 0 bridgehead atoms. The second-order valence-electron chi connectivity index (χ2n) is 10.6. The predicted molar refractivity (Wildman–Crippen MR) is 165 cm³/mol. The van der Waals surface area contributed by atoms with Gasteiger partial charge in [-0.25, -0.2) is 9.97 Å². The maximum absolute atomic E-state index is 13.6. The van der Waals surface area contributed by atoms with Crippen LogP contribution in [0.15, 0.2) is 65.6 Å².